The number of carbonyl (C=O) groups is 2. The van der Waals surface area contributed by atoms with Crippen LogP contribution in [0.4, 0.5) is 5.69 Å². The third-order valence-corrected chi connectivity index (χ3v) is 4.51. The second-order valence-corrected chi connectivity index (χ2v) is 7.06. The van der Waals surface area contributed by atoms with Gasteiger partial charge in [-0.05, 0) is 43.3 Å². The van der Waals surface area contributed by atoms with Crippen molar-refractivity contribution in [1.82, 2.24) is 0 Å². The van der Waals surface area contributed by atoms with Crippen molar-refractivity contribution in [2.45, 2.75) is 6.92 Å². The number of nitrogens with one attached hydrogen (secondary N) is 1. The summed E-state index contributed by atoms with van der Waals surface area (Å²) in [5, 5.41) is 0. The third kappa shape index (κ3) is 5.89. The number of hydrogen-bond acceptors (Lipinski definition) is 6. The van der Waals surface area contributed by atoms with Gasteiger partial charge in [0.25, 0.3) is 0 Å². The van der Waals surface area contributed by atoms with Crippen molar-refractivity contribution in [1.29, 1.82) is 0 Å². The van der Waals surface area contributed by atoms with Crippen LogP contribution in [0.1, 0.15) is 27.6 Å². The minimum Gasteiger partial charge on any atom is -0.462 e. The van der Waals surface area contributed by atoms with Gasteiger partial charge in [0.2, 0.25) is 10.0 Å². The van der Waals surface area contributed by atoms with Gasteiger partial charge in [0.05, 0.1) is 17.7 Å². The Bertz CT molecular complexity index is 847. The predicted molar refractivity (Wildman–Crippen MR) is 96.5 cm³/mol. The minimum absolute atomic E-state index is 0.214. The van der Waals surface area contributed by atoms with Crippen molar-refractivity contribution in [3.8, 4) is 0 Å². The van der Waals surface area contributed by atoms with Gasteiger partial charge in [0, 0.05) is 5.69 Å². The molecular weight excluding hydrogens is 358 g/mol. The maximum Gasteiger partial charge on any atom is 0.338 e. The van der Waals surface area contributed by atoms with Crippen LogP contribution in [0.15, 0.2) is 54.6 Å². The fourth-order valence-electron chi connectivity index (χ4n) is 2.02. The zero-order valence-electron chi connectivity index (χ0n) is 14.2. The summed E-state index contributed by atoms with van der Waals surface area (Å²) in [6.45, 7) is 1.67. The van der Waals surface area contributed by atoms with E-state index >= 15 is 0 Å². The van der Waals surface area contributed by atoms with Gasteiger partial charge in [-0.15, -0.1) is 0 Å². The molecule has 0 aliphatic rings. The monoisotopic (exact) mass is 377 g/mol. The van der Waals surface area contributed by atoms with E-state index in [1.807, 2.05) is 0 Å². The Labute approximate surface area is 152 Å². The molecule has 0 fully saturated rings. The molecule has 0 aliphatic carbocycles. The van der Waals surface area contributed by atoms with E-state index in [1.54, 1.807) is 37.3 Å². The van der Waals surface area contributed by atoms with Crippen molar-refractivity contribution < 1.29 is 27.5 Å². The van der Waals surface area contributed by atoms with Crippen LogP contribution in [0.5, 0.6) is 0 Å². The second kappa shape index (κ2) is 9.00. The van der Waals surface area contributed by atoms with Crippen LogP contribution in [-0.2, 0) is 19.5 Å². The van der Waals surface area contributed by atoms with Gasteiger partial charge in [-0.1, -0.05) is 18.2 Å². The van der Waals surface area contributed by atoms with Crippen molar-refractivity contribution in [3.05, 3.63) is 65.7 Å². The number of hydrogen-bond donors (Lipinski definition) is 1. The number of anilines is 1. The summed E-state index contributed by atoms with van der Waals surface area (Å²) < 4.78 is 36.1. The lowest BCUT2D eigenvalue weighted by Crippen LogP contribution is -2.21. The van der Waals surface area contributed by atoms with E-state index in [9.17, 15) is 18.0 Å². The van der Waals surface area contributed by atoms with Crippen LogP contribution >= 0.6 is 0 Å². The molecule has 7 nitrogen and oxygen atoms in total. The maximum atomic E-state index is 11.9. The quantitative estimate of drug-likeness (QED) is 0.710. The smallest absolute Gasteiger partial charge is 0.338 e. The fourth-order valence-corrected chi connectivity index (χ4v) is 2.92. The number of benzene rings is 2. The van der Waals surface area contributed by atoms with Gasteiger partial charge < -0.3 is 9.47 Å². The lowest BCUT2D eigenvalue weighted by molar-refractivity contribution is 0.0513. The summed E-state index contributed by atoms with van der Waals surface area (Å²) in [5.41, 5.74) is 0.970. The standard InChI is InChI=1S/C18H19NO6S/c1-2-24-17(20)14-8-10-15(11-9-14)18(21)25-12-13-26(22,23)19-16-6-4-3-5-7-16/h3-11,19H,2,12-13H2,1H3. The van der Waals surface area contributed by atoms with E-state index in [2.05, 4.69) is 4.72 Å². The lowest BCUT2D eigenvalue weighted by atomic mass is 10.1. The van der Waals surface area contributed by atoms with Gasteiger partial charge in [0.1, 0.15) is 12.4 Å². The molecule has 26 heavy (non-hydrogen) atoms. The van der Waals surface area contributed by atoms with E-state index in [-0.39, 0.29) is 24.5 Å². The zero-order valence-corrected chi connectivity index (χ0v) is 15.0. The fraction of sp³-hybridized carbons (Fsp3) is 0.222. The molecule has 1 N–H and O–H groups in total. The lowest BCUT2D eigenvalue weighted by Gasteiger charge is -2.09. The summed E-state index contributed by atoms with van der Waals surface area (Å²) >= 11 is 0. The van der Waals surface area contributed by atoms with Gasteiger partial charge in [-0.2, -0.15) is 0 Å². The Balaban J connectivity index is 1.85. The highest BCUT2D eigenvalue weighted by molar-refractivity contribution is 7.92. The van der Waals surface area contributed by atoms with Crippen LogP contribution in [-0.4, -0.2) is 39.3 Å². The first-order valence-electron chi connectivity index (χ1n) is 7.91. The molecule has 8 heteroatoms. The topological polar surface area (TPSA) is 98.8 Å². The van der Waals surface area contributed by atoms with Crippen LogP contribution < -0.4 is 4.72 Å². The van der Waals surface area contributed by atoms with Crippen molar-refractivity contribution in [2.75, 3.05) is 23.7 Å². The van der Waals surface area contributed by atoms with Gasteiger partial charge in [-0.25, -0.2) is 18.0 Å². The molecule has 138 valence electrons. The van der Waals surface area contributed by atoms with Crippen LogP contribution in [0.25, 0.3) is 0 Å². The highest BCUT2D eigenvalue weighted by Crippen LogP contribution is 2.09. The van der Waals surface area contributed by atoms with E-state index in [1.165, 1.54) is 24.3 Å². The molecule has 0 aromatic heterocycles. The number of esters is 2. The molecule has 2 aromatic rings. The summed E-state index contributed by atoms with van der Waals surface area (Å²) in [5.74, 6) is -1.52. The molecule has 0 radical (unpaired) electrons. The average Bonchev–Trinajstić information content (AvgIpc) is 2.62. The molecule has 0 heterocycles. The molecular formula is C18H19NO6S. The minimum atomic E-state index is -3.63. The van der Waals surface area contributed by atoms with Crippen molar-refractivity contribution >= 4 is 27.6 Å². The molecule has 2 rings (SSSR count). The number of sulfonamides is 1. The molecule has 0 aliphatic heterocycles. The number of carbonyl (C=O) groups excluding carboxylic acids is 2. The van der Waals surface area contributed by atoms with Crippen LogP contribution in [0, 0.1) is 0 Å². The van der Waals surface area contributed by atoms with E-state index in [0.717, 1.165) is 0 Å². The Morgan fingerprint density at radius 3 is 1.96 bits per heavy atom. The number of rotatable bonds is 8. The first-order chi connectivity index (χ1) is 12.4. The maximum absolute atomic E-state index is 11.9. The van der Waals surface area contributed by atoms with E-state index < -0.39 is 22.0 Å². The highest BCUT2D eigenvalue weighted by atomic mass is 32.2. The highest BCUT2D eigenvalue weighted by Gasteiger charge is 2.14. The SMILES string of the molecule is CCOC(=O)c1ccc(C(=O)OCCS(=O)(=O)Nc2ccccc2)cc1. The molecule has 0 saturated carbocycles. The van der Waals surface area contributed by atoms with E-state index in [0.29, 0.717) is 11.3 Å². The van der Waals surface area contributed by atoms with Crippen LogP contribution in [0.3, 0.4) is 0 Å². The first-order valence-corrected chi connectivity index (χ1v) is 9.56. The Morgan fingerprint density at radius 1 is 0.885 bits per heavy atom. The van der Waals surface area contributed by atoms with Crippen molar-refractivity contribution in [3.63, 3.8) is 0 Å². The Kier molecular flexibility index (Phi) is 6.74. The largest absolute Gasteiger partial charge is 0.462 e. The Hall–Kier alpha value is -2.87. The molecule has 0 unspecified atom stereocenters. The van der Waals surface area contributed by atoms with Crippen molar-refractivity contribution in [2.24, 2.45) is 0 Å². The molecule has 0 spiro atoms. The van der Waals surface area contributed by atoms with Gasteiger partial charge in [0.15, 0.2) is 0 Å². The molecule has 2 aromatic carbocycles. The summed E-state index contributed by atoms with van der Waals surface area (Å²) in [4.78, 5) is 23.5. The number of ether oxygens (including phenoxy) is 2. The van der Waals surface area contributed by atoms with E-state index in [4.69, 9.17) is 9.47 Å². The average molecular weight is 377 g/mol. The molecule has 0 amide bonds. The summed E-state index contributed by atoms with van der Waals surface area (Å²) in [6.07, 6.45) is 0. The summed E-state index contributed by atoms with van der Waals surface area (Å²) in [6, 6.07) is 14.2. The normalized spacial score (nSPS) is 10.8. The Morgan fingerprint density at radius 2 is 1.42 bits per heavy atom. The van der Waals surface area contributed by atoms with Gasteiger partial charge >= 0.3 is 11.9 Å². The first kappa shape index (κ1) is 19.5. The van der Waals surface area contributed by atoms with Crippen LogP contribution in [0.2, 0.25) is 0 Å². The molecule has 0 atom stereocenters. The number of para-hydroxylation sites is 1. The second-order valence-electron chi connectivity index (χ2n) is 5.22. The van der Waals surface area contributed by atoms with Gasteiger partial charge in [-0.3, -0.25) is 4.72 Å². The predicted octanol–water partition coefficient (Wildman–Crippen LogP) is 2.46. The zero-order chi connectivity index (χ0) is 19.0. The summed E-state index contributed by atoms with van der Waals surface area (Å²) in [7, 11) is -3.63. The molecule has 0 bridgehead atoms. The third-order valence-electron chi connectivity index (χ3n) is 3.26. The molecule has 0 saturated heterocycles.